The topological polar surface area (TPSA) is 58.9 Å². The highest BCUT2D eigenvalue weighted by Crippen LogP contribution is 2.13. The average molecular weight is 542 g/mol. The normalized spacial score (nSPS) is 13.3. The van der Waals surface area contributed by atoms with Crippen LogP contribution in [0.2, 0.25) is 0 Å². The van der Waals surface area contributed by atoms with E-state index in [2.05, 4.69) is 13.8 Å². The first-order chi connectivity index (χ1) is 18.7. The van der Waals surface area contributed by atoms with Gasteiger partial charge in [0.2, 0.25) is 0 Å². The Morgan fingerprint density at radius 2 is 0.763 bits per heavy atom. The Morgan fingerprint density at radius 3 is 1.13 bits per heavy atom. The summed E-state index contributed by atoms with van der Waals surface area (Å²) in [4.78, 5) is 0. The molecule has 0 aromatic rings. The predicted octanol–water partition coefficient (Wildman–Crippen LogP) is 9.74. The van der Waals surface area contributed by atoms with Crippen molar-refractivity contribution in [2.45, 2.75) is 187 Å². The van der Waals surface area contributed by atoms with E-state index in [9.17, 15) is 10.2 Å². The quantitative estimate of drug-likeness (QED) is 0.0812. The molecule has 0 spiro atoms. The summed E-state index contributed by atoms with van der Waals surface area (Å²) in [6, 6.07) is 0. The molecular weight excluding hydrogens is 472 g/mol. The lowest BCUT2D eigenvalue weighted by Gasteiger charge is -2.14. The third kappa shape index (κ3) is 32.1. The minimum atomic E-state index is -0.613. The van der Waals surface area contributed by atoms with E-state index in [-0.39, 0.29) is 0 Å². The van der Waals surface area contributed by atoms with Gasteiger partial charge in [-0.05, 0) is 25.7 Å². The van der Waals surface area contributed by atoms with Crippen molar-refractivity contribution < 1.29 is 19.7 Å². The van der Waals surface area contributed by atoms with Crippen LogP contribution in [0.25, 0.3) is 0 Å². The zero-order valence-corrected chi connectivity index (χ0v) is 25.9. The van der Waals surface area contributed by atoms with Crippen molar-refractivity contribution in [2.75, 3.05) is 26.4 Å². The largest absolute Gasteiger partial charge is 0.391 e. The fourth-order valence-electron chi connectivity index (χ4n) is 4.96. The molecule has 0 saturated carbocycles. The first-order valence-electron chi connectivity index (χ1n) is 17.1. The van der Waals surface area contributed by atoms with Gasteiger partial charge < -0.3 is 19.7 Å². The highest BCUT2D eigenvalue weighted by atomic mass is 16.5. The number of ether oxygens (including phenoxy) is 2. The van der Waals surface area contributed by atoms with Crippen LogP contribution in [0.3, 0.4) is 0 Å². The van der Waals surface area contributed by atoms with Gasteiger partial charge in [-0.15, -0.1) is 0 Å². The molecule has 2 atom stereocenters. The molecule has 0 aliphatic heterocycles. The monoisotopic (exact) mass is 542 g/mol. The molecule has 2 unspecified atom stereocenters. The zero-order chi connectivity index (χ0) is 27.8. The third-order valence-electron chi connectivity index (χ3n) is 7.56. The first kappa shape index (κ1) is 37.8. The Balaban J connectivity index is 3.26. The first-order valence-corrected chi connectivity index (χ1v) is 17.1. The Hall–Kier alpha value is -0.160. The van der Waals surface area contributed by atoms with Crippen molar-refractivity contribution in [3.63, 3.8) is 0 Å². The van der Waals surface area contributed by atoms with Crippen LogP contribution in [0.15, 0.2) is 0 Å². The number of unbranched alkanes of at least 4 members (excludes halogenated alkanes) is 22. The molecule has 0 aromatic heterocycles. The van der Waals surface area contributed by atoms with Gasteiger partial charge in [0.1, 0.15) is 0 Å². The molecule has 0 fully saturated rings. The van der Waals surface area contributed by atoms with E-state index < -0.39 is 12.2 Å². The lowest BCUT2D eigenvalue weighted by atomic mass is 10.1. The van der Waals surface area contributed by atoms with Crippen LogP contribution >= 0.6 is 0 Å². The van der Waals surface area contributed by atoms with Gasteiger partial charge in [0.05, 0.1) is 25.4 Å². The van der Waals surface area contributed by atoms with Gasteiger partial charge >= 0.3 is 0 Å². The van der Waals surface area contributed by atoms with Gasteiger partial charge in [-0.1, -0.05) is 155 Å². The van der Waals surface area contributed by atoms with Crippen LogP contribution < -0.4 is 0 Å². The molecule has 0 rings (SSSR count). The maximum atomic E-state index is 10.1. The van der Waals surface area contributed by atoms with Crippen molar-refractivity contribution >= 4 is 0 Å². The molecule has 0 aliphatic rings. The summed E-state index contributed by atoms with van der Waals surface area (Å²) in [5, 5.41) is 20.1. The van der Waals surface area contributed by atoms with Gasteiger partial charge in [0, 0.05) is 13.2 Å². The Kier molecular flexibility index (Phi) is 32.9. The van der Waals surface area contributed by atoms with Crippen LogP contribution in [0, 0.1) is 6.42 Å². The predicted molar refractivity (Wildman–Crippen MR) is 165 cm³/mol. The molecular formula is C34H69O4. The molecule has 229 valence electrons. The summed E-state index contributed by atoms with van der Waals surface area (Å²) in [5.74, 6) is 0. The van der Waals surface area contributed by atoms with E-state index in [0.29, 0.717) is 26.2 Å². The lowest BCUT2D eigenvalue weighted by Crippen LogP contribution is -2.22. The number of aliphatic hydroxyl groups is 2. The van der Waals surface area contributed by atoms with Crippen molar-refractivity contribution in [1.29, 1.82) is 0 Å². The van der Waals surface area contributed by atoms with E-state index in [0.717, 1.165) is 19.4 Å². The summed E-state index contributed by atoms with van der Waals surface area (Å²) >= 11 is 0. The smallest absolute Gasteiger partial charge is 0.0806 e. The Labute approximate surface area is 239 Å². The van der Waals surface area contributed by atoms with Gasteiger partial charge in [0.25, 0.3) is 0 Å². The Bertz CT molecular complexity index is 379. The molecule has 2 N–H and O–H groups in total. The highest BCUT2D eigenvalue weighted by molar-refractivity contribution is 4.78. The molecule has 1 radical (unpaired) electrons. The second-order valence-electron chi connectivity index (χ2n) is 11.6. The standard InChI is InChI=1S/C34H69O4/c1-3-5-7-9-11-13-15-17-19-21-23-25-29-37-31-33(35)27-28-34(36)32-38-30-26-24-22-20-18-16-14-12-10-8-6-4-2/h27,33-36H,3-26,28-32H2,1-2H3. The second kappa shape index (κ2) is 33.0. The molecule has 0 aliphatic carbocycles. The minimum Gasteiger partial charge on any atom is -0.391 e. The molecule has 4 heteroatoms. The van der Waals surface area contributed by atoms with Gasteiger partial charge in [0.15, 0.2) is 0 Å². The molecule has 0 amide bonds. The number of aliphatic hydroxyl groups excluding tert-OH is 2. The van der Waals surface area contributed by atoms with Crippen LogP contribution in [0.4, 0.5) is 0 Å². The van der Waals surface area contributed by atoms with Gasteiger partial charge in [-0.2, -0.15) is 0 Å². The molecule has 0 bridgehead atoms. The summed E-state index contributed by atoms with van der Waals surface area (Å²) in [5.41, 5.74) is 0. The highest BCUT2D eigenvalue weighted by Gasteiger charge is 2.10. The van der Waals surface area contributed by atoms with Crippen molar-refractivity contribution in [3.8, 4) is 0 Å². The summed E-state index contributed by atoms with van der Waals surface area (Å²) < 4.78 is 11.2. The van der Waals surface area contributed by atoms with E-state index in [4.69, 9.17) is 9.47 Å². The molecule has 0 heterocycles. The van der Waals surface area contributed by atoms with Crippen molar-refractivity contribution in [1.82, 2.24) is 0 Å². The van der Waals surface area contributed by atoms with Crippen LogP contribution in [-0.4, -0.2) is 48.8 Å². The summed E-state index contributed by atoms with van der Waals surface area (Å²) in [6.07, 6.45) is 33.1. The number of hydrogen-bond acceptors (Lipinski definition) is 4. The molecule has 38 heavy (non-hydrogen) atoms. The van der Waals surface area contributed by atoms with Gasteiger partial charge in [-0.3, -0.25) is 0 Å². The minimum absolute atomic E-state index is 0.324. The molecule has 0 aromatic carbocycles. The van der Waals surface area contributed by atoms with E-state index in [1.807, 2.05) is 0 Å². The second-order valence-corrected chi connectivity index (χ2v) is 11.6. The fourth-order valence-corrected chi connectivity index (χ4v) is 4.96. The third-order valence-corrected chi connectivity index (χ3v) is 7.56. The zero-order valence-electron chi connectivity index (χ0n) is 25.9. The SMILES string of the molecule is CCCCCCCCCCCCCCOCC(O)[CH]CC(O)COCCCCCCCCCCCCCC. The summed E-state index contributed by atoms with van der Waals surface area (Å²) in [7, 11) is 0. The van der Waals surface area contributed by atoms with Crippen molar-refractivity contribution in [2.24, 2.45) is 0 Å². The van der Waals surface area contributed by atoms with Crippen LogP contribution in [0.5, 0.6) is 0 Å². The molecule has 0 saturated heterocycles. The van der Waals surface area contributed by atoms with Crippen LogP contribution in [0.1, 0.15) is 174 Å². The maximum Gasteiger partial charge on any atom is 0.0806 e. The van der Waals surface area contributed by atoms with E-state index in [1.165, 1.54) is 141 Å². The van der Waals surface area contributed by atoms with E-state index in [1.54, 1.807) is 6.42 Å². The Morgan fingerprint density at radius 1 is 0.447 bits per heavy atom. The molecule has 4 nitrogen and oxygen atoms in total. The maximum absolute atomic E-state index is 10.1. The number of rotatable bonds is 33. The number of hydrogen-bond donors (Lipinski definition) is 2. The fraction of sp³-hybridized carbons (Fsp3) is 0.971. The van der Waals surface area contributed by atoms with Crippen LogP contribution in [-0.2, 0) is 9.47 Å². The van der Waals surface area contributed by atoms with E-state index >= 15 is 0 Å². The summed E-state index contributed by atoms with van der Waals surface area (Å²) in [6.45, 7) is 6.66. The van der Waals surface area contributed by atoms with Crippen molar-refractivity contribution in [3.05, 3.63) is 6.42 Å². The lowest BCUT2D eigenvalue weighted by molar-refractivity contribution is 0.0216. The average Bonchev–Trinajstić information content (AvgIpc) is 2.92. The van der Waals surface area contributed by atoms with Gasteiger partial charge in [-0.25, -0.2) is 0 Å².